The second-order valence-electron chi connectivity index (χ2n) is 8.58. The molecular weight excluding hydrogens is 417 g/mol. The lowest BCUT2D eigenvalue weighted by molar-refractivity contribution is 0.615. The van der Waals surface area contributed by atoms with E-state index in [2.05, 4.69) is 83.4 Å². The molecule has 0 unspecified atom stereocenters. The fourth-order valence-electron chi connectivity index (χ4n) is 5.15. The Balaban J connectivity index is 1.48. The van der Waals surface area contributed by atoms with Gasteiger partial charge < -0.3 is 14.0 Å². The molecule has 4 heteroatoms. The van der Waals surface area contributed by atoms with Crippen molar-refractivity contribution < 1.29 is 9.44 Å². The van der Waals surface area contributed by atoms with Gasteiger partial charge in [-0.1, -0.05) is 60.7 Å². The van der Waals surface area contributed by atoms with E-state index in [4.69, 9.17) is 4.42 Å². The van der Waals surface area contributed by atoms with E-state index >= 15 is 0 Å². The third-order valence-electron chi connectivity index (χ3n) is 6.69. The highest BCUT2D eigenvalue weighted by Gasteiger charge is 2.15. The van der Waals surface area contributed by atoms with Gasteiger partial charge in [0.1, 0.15) is 11.2 Å². The van der Waals surface area contributed by atoms with Gasteiger partial charge in [-0.3, -0.25) is 0 Å². The first-order valence-corrected chi connectivity index (χ1v) is 11.3. The van der Waals surface area contributed by atoms with Crippen molar-refractivity contribution in [3.63, 3.8) is 0 Å². The Morgan fingerprint density at radius 3 is 2.18 bits per heavy atom. The smallest absolute Gasteiger partial charge is 0.327 e. The summed E-state index contributed by atoms with van der Waals surface area (Å²) in [6.07, 6.45) is 0. The van der Waals surface area contributed by atoms with Gasteiger partial charge in [0.2, 0.25) is 0 Å². The first kappa shape index (κ1) is 19.2. The monoisotopic (exact) mass is 436 g/mol. The molecule has 0 aliphatic rings. The van der Waals surface area contributed by atoms with Crippen LogP contribution in [0.5, 0.6) is 0 Å². The number of furan rings is 1. The van der Waals surface area contributed by atoms with Crippen LogP contribution < -0.4 is 5.46 Å². The lowest BCUT2D eigenvalue weighted by Gasteiger charge is -2.08. The lowest BCUT2D eigenvalue weighted by Crippen LogP contribution is -2.13. The third kappa shape index (κ3) is 2.76. The van der Waals surface area contributed by atoms with Crippen LogP contribution in [-0.4, -0.2) is 17.1 Å². The minimum absolute atomic E-state index is 0.759. The van der Waals surface area contributed by atoms with Crippen LogP contribution in [0, 0.1) is 0 Å². The first-order valence-electron chi connectivity index (χ1n) is 11.3. The van der Waals surface area contributed by atoms with Gasteiger partial charge in [-0.2, -0.15) is 0 Å². The van der Waals surface area contributed by atoms with Crippen LogP contribution in [0.15, 0.2) is 114 Å². The highest BCUT2D eigenvalue weighted by Crippen LogP contribution is 2.36. The van der Waals surface area contributed by atoms with Crippen LogP contribution in [-0.2, 0) is 0 Å². The van der Waals surface area contributed by atoms with Crippen LogP contribution in [0.4, 0.5) is 0 Å². The fourth-order valence-corrected chi connectivity index (χ4v) is 5.15. The Morgan fingerprint density at radius 2 is 1.32 bits per heavy atom. The molecule has 2 aromatic heterocycles. The lowest BCUT2D eigenvalue weighted by atomic mass is 9.84. The molecule has 7 aromatic rings. The normalized spacial score (nSPS) is 11.7. The average Bonchev–Trinajstić information content (AvgIpc) is 3.44. The van der Waals surface area contributed by atoms with Crippen molar-refractivity contribution in [2.24, 2.45) is 0 Å². The fraction of sp³-hybridized carbons (Fsp3) is 0. The van der Waals surface area contributed by atoms with Crippen molar-refractivity contribution in [3.8, 4) is 16.8 Å². The van der Waals surface area contributed by atoms with Crippen molar-refractivity contribution in [2.45, 2.75) is 0 Å². The number of rotatable bonds is 3. The van der Waals surface area contributed by atoms with Crippen LogP contribution in [0.2, 0.25) is 0 Å². The molecule has 0 bridgehead atoms. The van der Waals surface area contributed by atoms with Crippen molar-refractivity contribution in [1.29, 1.82) is 0 Å². The van der Waals surface area contributed by atoms with Crippen LogP contribution in [0.25, 0.3) is 60.6 Å². The standard InChI is InChI=1S/C30H19BNO2/c33-31-25-10-6-12-29-30(25)24-18-20(14-16-28(24)34-29)19-13-15-27-23(17-19)22-9-4-5-11-26(22)32(27)21-7-2-1-3-8-21/h1-18,33H. The van der Waals surface area contributed by atoms with Crippen molar-refractivity contribution in [1.82, 2.24) is 4.57 Å². The largest absolute Gasteiger partial charge is 0.456 e. The molecule has 0 aliphatic heterocycles. The van der Waals surface area contributed by atoms with Gasteiger partial charge >= 0.3 is 7.48 Å². The summed E-state index contributed by atoms with van der Waals surface area (Å²) in [5.74, 6) is 0. The van der Waals surface area contributed by atoms with E-state index in [9.17, 15) is 5.02 Å². The van der Waals surface area contributed by atoms with Gasteiger partial charge in [0.25, 0.3) is 0 Å². The zero-order chi connectivity index (χ0) is 22.6. The maximum Gasteiger partial charge on any atom is 0.327 e. The van der Waals surface area contributed by atoms with Crippen LogP contribution >= 0.6 is 0 Å². The molecule has 7 rings (SSSR count). The van der Waals surface area contributed by atoms with E-state index in [0.29, 0.717) is 0 Å². The molecule has 5 aromatic carbocycles. The molecular formula is C30H19BNO2. The maximum atomic E-state index is 9.75. The van der Waals surface area contributed by atoms with E-state index < -0.39 is 0 Å². The summed E-state index contributed by atoms with van der Waals surface area (Å²) in [7, 11) is 1.15. The highest BCUT2D eigenvalue weighted by molar-refractivity contribution is 6.51. The number of fused-ring (bicyclic) bond motifs is 6. The summed E-state index contributed by atoms with van der Waals surface area (Å²) in [5.41, 5.74) is 8.14. The number of benzene rings is 5. The topological polar surface area (TPSA) is 38.3 Å². The van der Waals surface area contributed by atoms with Crippen molar-refractivity contribution in [2.75, 3.05) is 0 Å². The van der Waals surface area contributed by atoms with Gasteiger partial charge in [-0.05, 0) is 65.1 Å². The van der Waals surface area contributed by atoms with Crippen molar-refractivity contribution >= 4 is 56.7 Å². The number of hydrogen-bond donors (Lipinski definition) is 1. The predicted octanol–water partition coefficient (Wildman–Crippen LogP) is 6.59. The molecule has 0 spiro atoms. The molecule has 1 radical (unpaired) electrons. The molecule has 0 fully saturated rings. The Labute approximate surface area is 196 Å². The maximum absolute atomic E-state index is 9.75. The quantitative estimate of drug-likeness (QED) is 0.318. The van der Waals surface area contributed by atoms with Gasteiger partial charge in [0.05, 0.1) is 11.0 Å². The molecule has 0 aliphatic carbocycles. The Bertz CT molecular complexity index is 1850. The number of nitrogens with zero attached hydrogens (tertiary/aromatic N) is 1. The Kier molecular flexibility index (Phi) is 4.17. The van der Waals surface area contributed by atoms with E-state index in [-0.39, 0.29) is 0 Å². The molecule has 2 heterocycles. The SMILES string of the molecule is O[B]c1cccc2oc3ccc(-c4ccc5c(c4)c4ccccc4n5-c4ccccc4)cc3c12. The van der Waals surface area contributed by atoms with Crippen LogP contribution in [0.3, 0.4) is 0 Å². The number of hydrogen-bond acceptors (Lipinski definition) is 2. The summed E-state index contributed by atoms with van der Waals surface area (Å²) in [6.45, 7) is 0. The Morgan fingerprint density at radius 1 is 0.588 bits per heavy atom. The molecule has 0 amide bonds. The molecule has 0 atom stereocenters. The summed E-state index contributed by atoms with van der Waals surface area (Å²) >= 11 is 0. The molecule has 0 saturated heterocycles. The number of para-hydroxylation sites is 2. The average molecular weight is 436 g/mol. The minimum atomic E-state index is 0.759. The van der Waals surface area contributed by atoms with E-state index in [1.165, 1.54) is 21.8 Å². The van der Waals surface area contributed by atoms with Gasteiger partial charge in [0, 0.05) is 27.2 Å². The molecule has 159 valence electrons. The Hall–Kier alpha value is -4.28. The van der Waals surface area contributed by atoms with Crippen LogP contribution in [0.1, 0.15) is 0 Å². The van der Waals surface area contributed by atoms with Gasteiger partial charge in [-0.15, -0.1) is 0 Å². The van der Waals surface area contributed by atoms with E-state index in [1.807, 2.05) is 30.3 Å². The van der Waals surface area contributed by atoms with E-state index in [1.54, 1.807) is 0 Å². The van der Waals surface area contributed by atoms with E-state index in [0.717, 1.165) is 51.7 Å². The van der Waals surface area contributed by atoms with Gasteiger partial charge in [-0.25, -0.2) is 0 Å². The zero-order valence-corrected chi connectivity index (χ0v) is 18.3. The third-order valence-corrected chi connectivity index (χ3v) is 6.69. The molecule has 1 N–H and O–H groups in total. The van der Waals surface area contributed by atoms with Crippen molar-refractivity contribution in [3.05, 3.63) is 109 Å². The predicted molar refractivity (Wildman–Crippen MR) is 141 cm³/mol. The zero-order valence-electron chi connectivity index (χ0n) is 18.3. The van der Waals surface area contributed by atoms with Gasteiger partial charge in [0.15, 0.2) is 0 Å². The minimum Gasteiger partial charge on any atom is -0.456 e. The summed E-state index contributed by atoms with van der Waals surface area (Å²) in [6, 6.07) is 37.7. The molecule has 0 saturated carbocycles. The molecule has 3 nitrogen and oxygen atoms in total. The summed E-state index contributed by atoms with van der Waals surface area (Å²) < 4.78 is 8.36. The number of aromatic nitrogens is 1. The highest BCUT2D eigenvalue weighted by atomic mass is 16.3. The summed E-state index contributed by atoms with van der Waals surface area (Å²) in [5, 5.41) is 14.1. The second kappa shape index (κ2) is 7.37. The molecule has 34 heavy (non-hydrogen) atoms. The first-order chi connectivity index (χ1) is 16.8. The summed E-state index contributed by atoms with van der Waals surface area (Å²) in [4.78, 5) is 0. The second-order valence-corrected chi connectivity index (χ2v) is 8.58.